The molecule has 0 spiro atoms. The summed E-state index contributed by atoms with van der Waals surface area (Å²) in [6.07, 6.45) is 1.71. The van der Waals surface area contributed by atoms with Crippen LogP contribution in [0.5, 0.6) is 11.6 Å². The molecule has 6 rings (SSSR count). The van der Waals surface area contributed by atoms with Crippen molar-refractivity contribution in [1.29, 1.82) is 0 Å². The topological polar surface area (TPSA) is 50.8 Å². The standard InChI is InChI=1S/C26H17N3OS/c1-2-9-24-20(8-1)21-12-11-18(15-25(21)31-24)23-16-22(28-29-23)17-6-5-7-19(14-17)30-26-10-3-4-13-27-26/h1-16H,(H,28,29). The van der Waals surface area contributed by atoms with E-state index in [-0.39, 0.29) is 0 Å². The molecule has 3 aromatic carbocycles. The summed E-state index contributed by atoms with van der Waals surface area (Å²) in [5.41, 5.74) is 3.97. The van der Waals surface area contributed by atoms with Gasteiger partial charge in [-0.05, 0) is 36.4 Å². The second kappa shape index (κ2) is 7.38. The number of ether oxygens (including phenoxy) is 1. The molecular weight excluding hydrogens is 402 g/mol. The van der Waals surface area contributed by atoms with Gasteiger partial charge in [-0.15, -0.1) is 11.3 Å². The van der Waals surface area contributed by atoms with Gasteiger partial charge in [-0.1, -0.05) is 48.5 Å². The van der Waals surface area contributed by atoms with Crippen molar-refractivity contribution in [2.75, 3.05) is 0 Å². The number of nitrogens with one attached hydrogen (secondary N) is 1. The SMILES string of the molecule is c1ccc(Oc2cccc(-c3cc(-c4ccc5c(c4)sc4ccccc45)[nH]n3)c2)nc1. The van der Waals surface area contributed by atoms with E-state index in [1.54, 1.807) is 6.20 Å². The monoisotopic (exact) mass is 419 g/mol. The zero-order valence-electron chi connectivity index (χ0n) is 16.4. The molecule has 0 unspecified atom stereocenters. The van der Waals surface area contributed by atoms with Crippen molar-refractivity contribution in [1.82, 2.24) is 15.2 Å². The average Bonchev–Trinajstić information content (AvgIpc) is 3.45. The molecule has 0 fully saturated rings. The summed E-state index contributed by atoms with van der Waals surface area (Å²) in [7, 11) is 0. The normalized spacial score (nSPS) is 11.2. The van der Waals surface area contributed by atoms with Crippen LogP contribution in [0.1, 0.15) is 0 Å². The average molecular weight is 420 g/mol. The molecule has 0 aliphatic carbocycles. The van der Waals surface area contributed by atoms with Crippen molar-refractivity contribution in [3.8, 4) is 34.1 Å². The third kappa shape index (κ3) is 3.35. The fraction of sp³-hybridized carbons (Fsp3) is 0. The Hall–Kier alpha value is -3.96. The minimum atomic E-state index is 0.569. The minimum absolute atomic E-state index is 0.569. The van der Waals surface area contributed by atoms with E-state index >= 15 is 0 Å². The van der Waals surface area contributed by atoms with E-state index < -0.39 is 0 Å². The first-order valence-electron chi connectivity index (χ1n) is 10.00. The first-order chi connectivity index (χ1) is 15.3. The number of rotatable bonds is 4. The lowest BCUT2D eigenvalue weighted by molar-refractivity contribution is 0.463. The highest BCUT2D eigenvalue weighted by atomic mass is 32.1. The van der Waals surface area contributed by atoms with Crippen LogP contribution in [-0.2, 0) is 0 Å². The maximum Gasteiger partial charge on any atom is 0.219 e. The minimum Gasteiger partial charge on any atom is -0.439 e. The Bertz CT molecular complexity index is 1520. The number of hydrogen-bond donors (Lipinski definition) is 1. The summed E-state index contributed by atoms with van der Waals surface area (Å²) >= 11 is 1.82. The number of aromatic nitrogens is 3. The van der Waals surface area contributed by atoms with Crippen molar-refractivity contribution >= 4 is 31.5 Å². The summed E-state index contributed by atoms with van der Waals surface area (Å²) in [6, 6.07) is 30.7. The van der Waals surface area contributed by atoms with Crippen LogP contribution in [0.25, 0.3) is 42.7 Å². The molecule has 3 aromatic heterocycles. The number of H-pyrrole nitrogens is 1. The molecule has 3 heterocycles. The van der Waals surface area contributed by atoms with E-state index in [0.717, 1.165) is 28.3 Å². The predicted octanol–water partition coefficient (Wildman–Crippen LogP) is 7.30. The van der Waals surface area contributed by atoms with Crippen LogP contribution in [0, 0.1) is 0 Å². The van der Waals surface area contributed by atoms with Gasteiger partial charge >= 0.3 is 0 Å². The first-order valence-corrected chi connectivity index (χ1v) is 10.8. The highest BCUT2D eigenvalue weighted by molar-refractivity contribution is 7.25. The van der Waals surface area contributed by atoms with Crippen molar-refractivity contribution < 1.29 is 4.74 Å². The Morgan fingerprint density at radius 3 is 2.55 bits per heavy atom. The summed E-state index contributed by atoms with van der Waals surface area (Å²) in [4.78, 5) is 4.22. The Labute approximate surface area is 182 Å². The van der Waals surface area contributed by atoms with Gasteiger partial charge in [0.2, 0.25) is 5.88 Å². The van der Waals surface area contributed by atoms with E-state index in [1.807, 2.05) is 53.8 Å². The number of fused-ring (bicyclic) bond motifs is 3. The molecule has 1 N–H and O–H groups in total. The van der Waals surface area contributed by atoms with Gasteiger partial charge in [-0.2, -0.15) is 5.10 Å². The molecule has 0 amide bonds. The highest BCUT2D eigenvalue weighted by Crippen LogP contribution is 2.36. The van der Waals surface area contributed by atoms with Crippen molar-refractivity contribution in [2.24, 2.45) is 0 Å². The largest absolute Gasteiger partial charge is 0.439 e. The molecule has 0 radical (unpaired) electrons. The van der Waals surface area contributed by atoms with Gasteiger partial charge in [-0.3, -0.25) is 5.10 Å². The molecule has 4 nitrogen and oxygen atoms in total. The van der Waals surface area contributed by atoms with Gasteiger partial charge in [0.1, 0.15) is 5.75 Å². The fourth-order valence-electron chi connectivity index (χ4n) is 3.76. The van der Waals surface area contributed by atoms with Gasteiger partial charge in [0.15, 0.2) is 0 Å². The van der Waals surface area contributed by atoms with E-state index in [4.69, 9.17) is 4.74 Å². The van der Waals surface area contributed by atoms with E-state index in [9.17, 15) is 0 Å². The lowest BCUT2D eigenvalue weighted by Gasteiger charge is -2.05. The number of aromatic amines is 1. The highest BCUT2D eigenvalue weighted by Gasteiger charge is 2.10. The summed E-state index contributed by atoms with van der Waals surface area (Å²) in [5, 5.41) is 10.3. The number of thiophene rings is 1. The molecule has 0 saturated heterocycles. The predicted molar refractivity (Wildman–Crippen MR) is 127 cm³/mol. The summed E-state index contributed by atoms with van der Waals surface area (Å²) < 4.78 is 8.45. The third-order valence-electron chi connectivity index (χ3n) is 5.26. The van der Waals surface area contributed by atoms with E-state index in [2.05, 4.69) is 63.7 Å². The van der Waals surface area contributed by atoms with Crippen molar-refractivity contribution in [3.63, 3.8) is 0 Å². The number of benzene rings is 3. The molecular formula is C26H17N3OS. The zero-order chi connectivity index (χ0) is 20.6. The Morgan fingerprint density at radius 2 is 1.61 bits per heavy atom. The number of pyridine rings is 1. The lowest BCUT2D eigenvalue weighted by Crippen LogP contribution is -1.87. The van der Waals surface area contributed by atoms with E-state index in [1.165, 1.54) is 20.2 Å². The molecule has 0 aliphatic rings. The van der Waals surface area contributed by atoms with Crippen LogP contribution < -0.4 is 4.74 Å². The molecule has 148 valence electrons. The fourth-order valence-corrected chi connectivity index (χ4v) is 4.90. The van der Waals surface area contributed by atoms with Crippen LogP contribution in [0.3, 0.4) is 0 Å². The van der Waals surface area contributed by atoms with Crippen LogP contribution in [0.15, 0.2) is 97.2 Å². The Kier molecular flexibility index (Phi) is 4.25. The van der Waals surface area contributed by atoms with Crippen molar-refractivity contribution in [2.45, 2.75) is 0 Å². The van der Waals surface area contributed by atoms with Gasteiger partial charge < -0.3 is 4.74 Å². The molecule has 5 heteroatoms. The van der Waals surface area contributed by atoms with Gasteiger partial charge in [0.25, 0.3) is 0 Å². The third-order valence-corrected chi connectivity index (χ3v) is 6.39. The smallest absolute Gasteiger partial charge is 0.219 e. The van der Waals surface area contributed by atoms with Crippen molar-refractivity contribution in [3.05, 3.63) is 97.2 Å². The summed E-state index contributed by atoms with van der Waals surface area (Å²) in [6.45, 7) is 0. The molecule has 0 atom stereocenters. The van der Waals surface area contributed by atoms with Crippen LogP contribution in [-0.4, -0.2) is 15.2 Å². The van der Waals surface area contributed by atoms with Crippen LogP contribution in [0.4, 0.5) is 0 Å². The Morgan fingerprint density at radius 1 is 0.710 bits per heavy atom. The van der Waals surface area contributed by atoms with Gasteiger partial charge in [0.05, 0.1) is 11.4 Å². The summed E-state index contributed by atoms with van der Waals surface area (Å²) in [5.74, 6) is 1.30. The molecule has 0 saturated carbocycles. The molecule has 0 bridgehead atoms. The van der Waals surface area contributed by atoms with E-state index in [0.29, 0.717) is 5.88 Å². The Balaban J connectivity index is 1.33. The maximum absolute atomic E-state index is 5.86. The number of hydrogen-bond acceptors (Lipinski definition) is 4. The second-order valence-corrected chi connectivity index (χ2v) is 8.36. The van der Waals surface area contributed by atoms with Crippen LogP contribution in [0.2, 0.25) is 0 Å². The first kappa shape index (κ1) is 17.9. The number of nitrogens with zero attached hydrogens (tertiary/aromatic N) is 2. The van der Waals surface area contributed by atoms with Gasteiger partial charge in [-0.25, -0.2) is 4.98 Å². The van der Waals surface area contributed by atoms with Gasteiger partial charge in [0, 0.05) is 43.6 Å². The maximum atomic E-state index is 5.86. The quantitative estimate of drug-likeness (QED) is 0.326. The molecule has 0 aliphatic heterocycles. The zero-order valence-corrected chi connectivity index (χ0v) is 17.3. The molecule has 31 heavy (non-hydrogen) atoms. The second-order valence-electron chi connectivity index (χ2n) is 7.27. The lowest BCUT2D eigenvalue weighted by atomic mass is 10.1. The molecule has 6 aromatic rings. The van der Waals surface area contributed by atoms with Crippen LogP contribution >= 0.6 is 11.3 Å².